The van der Waals surface area contributed by atoms with Crippen molar-refractivity contribution in [2.75, 3.05) is 26.2 Å². The number of rotatable bonds is 6. The Bertz CT molecular complexity index is 1130. The predicted octanol–water partition coefficient (Wildman–Crippen LogP) is 2.39. The molecule has 1 fully saturated rings. The smallest absolute Gasteiger partial charge is 0.251 e. The fraction of sp³-hybridized carbons (Fsp3) is 0.364. The molecular weight excluding hydrogens is 459 g/mol. The summed E-state index contributed by atoms with van der Waals surface area (Å²) in [6.07, 6.45) is 0. The van der Waals surface area contributed by atoms with Gasteiger partial charge in [0.15, 0.2) is 0 Å². The minimum Gasteiger partial charge on any atom is -0.340 e. The molecule has 1 saturated heterocycles. The van der Waals surface area contributed by atoms with E-state index in [9.17, 15) is 31.2 Å². The van der Waals surface area contributed by atoms with Crippen molar-refractivity contribution in [1.82, 2.24) is 14.5 Å². The number of hydrogen-bond donors (Lipinski definition) is 1. The first kappa shape index (κ1) is 24.7. The van der Waals surface area contributed by atoms with Gasteiger partial charge in [-0.3, -0.25) is 9.59 Å². The largest absolute Gasteiger partial charge is 0.340 e. The van der Waals surface area contributed by atoms with Gasteiger partial charge in [0.1, 0.15) is 28.4 Å². The van der Waals surface area contributed by atoms with Crippen molar-refractivity contribution >= 4 is 21.8 Å². The molecule has 1 aliphatic heterocycles. The lowest BCUT2D eigenvalue weighted by molar-refractivity contribution is -0.135. The fourth-order valence-electron chi connectivity index (χ4n) is 3.51. The number of amides is 2. The van der Waals surface area contributed by atoms with E-state index in [-0.39, 0.29) is 43.6 Å². The van der Waals surface area contributed by atoms with E-state index in [2.05, 4.69) is 5.32 Å². The molecule has 0 saturated carbocycles. The molecule has 1 heterocycles. The second kappa shape index (κ2) is 9.92. The third-order valence-electron chi connectivity index (χ3n) is 5.39. The van der Waals surface area contributed by atoms with E-state index < -0.39 is 44.3 Å². The van der Waals surface area contributed by atoms with Crippen molar-refractivity contribution < 1.29 is 31.2 Å². The zero-order valence-electron chi connectivity index (χ0n) is 18.1. The average Bonchev–Trinajstić information content (AvgIpc) is 2.77. The monoisotopic (exact) mass is 483 g/mol. The lowest BCUT2D eigenvalue weighted by atomic mass is 10.0. The molecule has 2 aromatic carbocycles. The maximum atomic E-state index is 14.0. The van der Waals surface area contributed by atoms with E-state index in [1.54, 1.807) is 13.8 Å². The molecule has 1 N–H and O–H groups in total. The molecule has 0 spiro atoms. The highest BCUT2D eigenvalue weighted by atomic mass is 32.2. The molecule has 11 heteroatoms. The molecule has 2 aromatic rings. The van der Waals surface area contributed by atoms with Crippen LogP contribution in [-0.2, 0) is 14.8 Å². The molecular formula is C22H24F3N3O4S. The van der Waals surface area contributed by atoms with Crippen LogP contribution in [0.5, 0.6) is 0 Å². The van der Waals surface area contributed by atoms with Gasteiger partial charge in [0.25, 0.3) is 5.91 Å². The van der Waals surface area contributed by atoms with E-state index in [0.717, 1.165) is 28.6 Å². The van der Waals surface area contributed by atoms with Gasteiger partial charge in [0.2, 0.25) is 15.9 Å². The van der Waals surface area contributed by atoms with Crippen LogP contribution in [0, 0.1) is 23.4 Å². The Kier molecular flexibility index (Phi) is 7.43. The van der Waals surface area contributed by atoms with Gasteiger partial charge < -0.3 is 10.2 Å². The molecule has 0 unspecified atom stereocenters. The number of nitrogens with zero attached hydrogens (tertiary/aromatic N) is 2. The summed E-state index contributed by atoms with van der Waals surface area (Å²) >= 11 is 0. The average molecular weight is 484 g/mol. The first-order valence-corrected chi connectivity index (χ1v) is 11.7. The van der Waals surface area contributed by atoms with Gasteiger partial charge in [-0.2, -0.15) is 4.31 Å². The summed E-state index contributed by atoms with van der Waals surface area (Å²) in [4.78, 5) is 26.4. The van der Waals surface area contributed by atoms with Crippen LogP contribution in [0.1, 0.15) is 24.2 Å². The maximum absolute atomic E-state index is 14.0. The SMILES string of the molecule is CC(C)[C@@H](NC(=O)c1ccc(F)cc1)C(=O)N1CCN(S(=O)(=O)c2ccc(F)cc2F)CC1. The Hall–Kier alpha value is -2.92. The number of nitrogens with one attached hydrogen (secondary N) is 1. The van der Waals surface area contributed by atoms with Gasteiger partial charge in [0, 0.05) is 37.8 Å². The molecule has 0 aliphatic carbocycles. The summed E-state index contributed by atoms with van der Waals surface area (Å²) in [6.45, 7) is 3.42. The van der Waals surface area contributed by atoms with E-state index in [4.69, 9.17) is 0 Å². The van der Waals surface area contributed by atoms with E-state index >= 15 is 0 Å². The first-order chi connectivity index (χ1) is 15.5. The van der Waals surface area contributed by atoms with Crippen LogP contribution in [0.25, 0.3) is 0 Å². The molecule has 33 heavy (non-hydrogen) atoms. The van der Waals surface area contributed by atoms with Gasteiger partial charge in [-0.25, -0.2) is 21.6 Å². The van der Waals surface area contributed by atoms with Gasteiger partial charge in [-0.05, 0) is 42.3 Å². The van der Waals surface area contributed by atoms with E-state index in [0.29, 0.717) is 6.07 Å². The Morgan fingerprint density at radius 2 is 1.48 bits per heavy atom. The van der Waals surface area contributed by atoms with Gasteiger partial charge in [-0.1, -0.05) is 13.8 Å². The summed E-state index contributed by atoms with van der Waals surface area (Å²) in [5, 5.41) is 2.66. The number of piperazine rings is 1. The number of sulfonamides is 1. The highest BCUT2D eigenvalue weighted by Crippen LogP contribution is 2.22. The summed E-state index contributed by atoms with van der Waals surface area (Å²) in [5.41, 5.74) is 0.201. The standard InChI is InChI=1S/C22H24F3N3O4S/c1-14(2)20(26-21(29)15-3-5-16(23)6-4-15)22(30)27-9-11-28(12-10-27)33(31,32)19-8-7-17(24)13-18(19)25/h3-8,13-14,20H,9-12H2,1-2H3,(H,26,29)/t20-/m1/s1. The molecule has 2 amide bonds. The summed E-state index contributed by atoms with van der Waals surface area (Å²) < 4.78 is 66.8. The Morgan fingerprint density at radius 1 is 0.909 bits per heavy atom. The van der Waals surface area contributed by atoms with Crippen LogP contribution in [-0.4, -0.2) is 61.7 Å². The van der Waals surface area contributed by atoms with Crippen molar-refractivity contribution in [3.63, 3.8) is 0 Å². The third-order valence-corrected chi connectivity index (χ3v) is 7.32. The Balaban J connectivity index is 1.67. The molecule has 0 radical (unpaired) electrons. The van der Waals surface area contributed by atoms with Crippen LogP contribution in [0.4, 0.5) is 13.2 Å². The Morgan fingerprint density at radius 3 is 2.03 bits per heavy atom. The molecule has 1 atom stereocenters. The van der Waals surface area contributed by atoms with Crippen molar-refractivity contribution in [3.8, 4) is 0 Å². The highest BCUT2D eigenvalue weighted by molar-refractivity contribution is 7.89. The minimum atomic E-state index is -4.20. The number of carbonyl (C=O) groups excluding carboxylic acids is 2. The molecule has 0 aromatic heterocycles. The second-order valence-corrected chi connectivity index (χ2v) is 9.91. The summed E-state index contributed by atoms with van der Waals surface area (Å²) in [5.74, 6) is -3.74. The third kappa shape index (κ3) is 5.53. The fourth-order valence-corrected chi connectivity index (χ4v) is 4.98. The van der Waals surface area contributed by atoms with Crippen molar-refractivity contribution in [2.24, 2.45) is 5.92 Å². The summed E-state index contributed by atoms with van der Waals surface area (Å²) in [6, 6.07) is 6.28. The van der Waals surface area contributed by atoms with Crippen LogP contribution in [0.2, 0.25) is 0 Å². The van der Waals surface area contributed by atoms with Crippen LogP contribution in [0.15, 0.2) is 47.4 Å². The Labute approximate surface area is 190 Å². The summed E-state index contributed by atoms with van der Waals surface area (Å²) in [7, 11) is -4.20. The highest BCUT2D eigenvalue weighted by Gasteiger charge is 2.35. The van der Waals surface area contributed by atoms with Crippen LogP contribution < -0.4 is 5.32 Å². The number of benzene rings is 2. The van der Waals surface area contributed by atoms with Gasteiger partial charge in [0.05, 0.1) is 0 Å². The van der Waals surface area contributed by atoms with Crippen molar-refractivity contribution in [2.45, 2.75) is 24.8 Å². The van der Waals surface area contributed by atoms with Gasteiger partial charge >= 0.3 is 0 Å². The zero-order valence-corrected chi connectivity index (χ0v) is 18.9. The molecule has 178 valence electrons. The van der Waals surface area contributed by atoms with Crippen molar-refractivity contribution in [3.05, 3.63) is 65.5 Å². The van der Waals surface area contributed by atoms with E-state index in [1.807, 2.05) is 0 Å². The molecule has 1 aliphatic rings. The molecule has 0 bridgehead atoms. The predicted molar refractivity (Wildman–Crippen MR) is 114 cm³/mol. The normalized spacial score (nSPS) is 16.0. The number of hydrogen-bond acceptors (Lipinski definition) is 4. The van der Waals surface area contributed by atoms with Gasteiger partial charge in [-0.15, -0.1) is 0 Å². The minimum absolute atomic E-state index is 0.0382. The zero-order chi connectivity index (χ0) is 24.3. The van der Waals surface area contributed by atoms with E-state index in [1.165, 1.54) is 17.0 Å². The number of halogens is 3. The lowest BCUT2D eigenvalue weighted by Gasteiger charge is -2.36. The van der Waals surface area contributed by atoms with Crippen LogP contribution >= 0.6 is 0 Å². The maximum Gasteiger partial charge on any atom is 0.251 e. The second-order valence-electron chi connectivity index (χ2n) is 8.01. The quantitative estimate of drug-likeness (QED) is 0.684. The molecule has 7 nitrogen and oxygen atoms in total. The van der Waals surface area contributed by atoms with Crippen LogP contribution in [0.3, 0.4) is 0 Å². The van der Waals surface area contributed by atoms with Crippen molar-refractivity contribution in [1.29, 1.82) is 0 Å². The lowest BCUT2D eigenvalue weighted by Crippen LogP contribution is -2.57. The number of carbonyl (C=O) groups is 2. The first-order valence-electron chi connectivity index (χ1n) is 10.3. The topological polar surface area (TPSA) is 86.8 Å². The molecule has 3 rings (SSSR count).